The summed E-state index contributed by atoms with van der Waals surface area (Å²) in [5.41, 5.74) is 4.89. The molecule has 0 unspecified atom stereocenters. The van der Waals surface area contributed by atoms with Crippen molar-refractivity contribution in [2.45, 2.75) is 0 Å². The van der Waals surface area contributed by atoms with Crippen molar-refractivity contribution < 1.29 is 0 Å². The van der Waals surface area contributed by atoms with E-state index in [1.807, 2.05) is 0 Å². The van der Waals surface area contributed by atoms with Crippen molar-refractivity contribution in [2.75, 3.05) is 0 Å². The smallest absolute Gasteiger partial charge is 0.0852 e. The molecule has 0 heterocycles. The van der Waals surface area contributed by atoms with Crippen LogP contribution in [0.2, 0.25) is 0 Å². The third-order valence-corrected chi connectivity index (χ3v) is 0.394. The maximum absolute atomic E-state index is 4.89. The van der Waals surface area contributed by atoms with Gasteiger partial charge in [0, 0.05) is 6.20 Å². The number of nitrogens with zero attached hydrogens (tertiary/aromatic N) is 1. The molecule has 0 aliphatic carbocycles. The number of aliphatic imine (C=N–C) groups is 1. The van der Waals surface area contributed by atoms with Crippen LogP contribution >= 0.6 is 0 Å². The van der Waals surface area contributed by atoms with Crippen LogP contribution in [0.5, 0.6) is 0 Å². The third kappa shape index (κ3) is 4.95. The Bertz CT molecular complexity index is 92.3. The van der Waals surface area contributed by atoms with Gasteiger partial charge in [0.05, 0.1) is 6.34 Å². The number of rotatable bonds is 2. The van der Waals surface area contributed by atoms with Gasteiger partial charge in [-0.25, -0.2) is 4.99 Å². The molecular weight excluding hydrogens is 88.1 g/mol. The molecule has 0 fully saturated rings. The lowest BCUT2D eigenvalue weighted by atomic mass is 10.6. The molecule has 0 radical (unpaired) electrons. The highest BCUT2D eigenvalue weighted by Gasteiger charge is 1.51. The zero-order valence-corrected chi connectivity index (χ0v) is 4.04. The fourth-order valence-corrected chi connectivity index (χ4v) is 0.160. The molecule has 0 aliphatic rings. The summed E-state index contributed by atoms with van der Waals surface area (Å²) in [6.07, 6.45) is 6.11. The lowest BCUT2D eigenvalue weighted by Gasteiger charge is -1.67. The third-order valence-electron chi connectivity index (χ3n) is 0.394. The van der Waals surface area contributed by atoms with Crippen LogP contribution < -0.4 is 5.73 Å². The van der Waals surface area contributed by atoms with E-state index >= 15 is 0 Å². The van der Waals surface area contributed by atoms with E-state index in [1.54, 1.807) is 18.4 Å². The first-order valence-corrected chi connectivity index (χ1v) is 1.92. The fourth-order valence-electron chi connectivity index (χ4n) is 0.160. The van der Waals surface area contributed by atoms with Gasteiger partial charge in [-0.15, -0.1) is 0 Å². The number of nitrogens with two attached hydrogens (primary N) is 1. The van der Waals surface area contributed by atoms with Crippen LogP contribution in [-0.4, -0.2) is 6.34 Å². The molecule has 38 valence electrons. The predicted octanol–water partition coefficient (Wildman–Crippen LogP) is 0.673. The molecule has 0 atom stereocenters. The van der Waals surface area contributed by atoms with Crippen molar-refractivity contribution in [3.63, 3.8) is 0 Å². The minimum Gasteiger partial charge on any atom is -0.390 e. The van der Waals surface area contributed by atoms with Crippen LogP contribution in [0.3, 0.4) is 0 Å². The van der Waals surface area contributed by atoms with E-state index in [-0.39, 0.29) is 0 Å². The highest BCUT2D eigenvalue weighted by atomic mass is 14.8. The van der Waals surface area contributed by atoms with E-state index in [2.05, 4.69) is 11.6 Å². The summed E-state index contributed by atoms with van der Waals surface area (Å²) < 4.78 is 0. The monoisotopic (exact) mass is 96.1 g/mol. The Labute approximate surface area is 43.1 Å². The molecule has 0 rings (SSSR count). The number of allylic oxidation sites excluding steroid dienone is 2. The first kappa shape index (κ1) is 5.95. The molecule has 0 spiro atoms. The Hall–Kier alpha value is -1.05. The molecule has 2 N–H and O–H groups in total. The van der Waals surface area contributed by atoms with E-state index in [0.29, 0.717) is 0 Å². The molecule has 2 heteroatoms. The minimum absolute atomic E-state index is 1.22. The van der Waals surface area contributed by atoms with Gasteiger partial charge < -0.3 is 5.73 Å². The quantitative estimate of drug-likeness (QED) is 0.306. The maximum Gasteiger partial charge on any atom is 0.0852 e. The standard InChI is InChI=1S/C5H8N2/c1-2-3-4-7-5-6/h2-5H,1H2,(H2,6,7)/b4-3+. The largest absolute Gasteiger partial charge is 0.390 e. The van der Waals surface area contributed by atoms with Gasteiger partial charge in [-0.05, 0) is 6.08 Å². The van der Waals surface area contributed by atoms with Crippen LogP contribution in [0, 0.1) is 0 Å². The van der Waals surface area contributed by atoms with Crippen molar-refractivity contribution in [1.29, 1.82) is 0 Å². The van der Waals surface area contributed by atoms with Gasteiger partial charge in [0.25, 0.3) is 0 Å². The van der Waals surface area contributed by atoms with Gasteiger partial charge in [-0.2, -0.15) is 0 Å². The minimum atomic E-state index is 1.22. The molecule has 0 saturated heterocycles. The zero-order chi connectivity index (χ0) is 5.54. The molecule has 0 bridgehead atoms. The van der Waals surface area contributed by atoms with Crippen LogP contribution in [0.15, 0.2) is 29.9 Å². The average Bonchev–Trinajstić information content (AvgIpc) is 1.69. The summed E-state index contributed by atoms with van der Waals surface area (Å²) in [5.74, 6) is 0. The molecule has 0 aromatic rings. The van der Waals surface area contributed by atoms with Crippen molar-refractivity contribution >= 4 is 6.34 Å². The van der Waals surface area contributed by atoms with Gasteiger partial charge in [0.1, 0.15) is 0 Å². The summed E-state index contributed by atoms with van der Waals surface area (Å²) in [4.78, 5) is 3.56. The van der Waals surface area contributed by atoms with Gasteiger partial charge in [-0.3, -0.25) is 0 Å². The molecule has 7 heavy (non-hydrogen) atoms. The van der Waals surface area contributed by atoms with Crippen molar-refractivity contribution in [1.82, 2.24) is 0 Å². The molecular formula is C5H8N2. The maximum atomic E-state index is 4.89. The van der Waals surface area contributed by atoms with Crippen molar-refractivity contribution in [3.8, 4) is 0 Å². The van der Waals surface area contributed by atoms with E-state index in [0.717, 1.165) is 0 Å². The summed E-state index contributed by atoms with van der Waals surface area (Å²) in [7, 11) is 0. The second-order valence-corrected chi connectivity index (χ2v) is 0.875. The Balaban J connectivity index is 3.27. The Morgan fingerprint density at radius 2 is 2.29 bits per heavy atom. The highest BCUT2D eigenvalue weighted by molar-refractivity contribution is 5.52. The normalized spacial score (nSPS) is 10.9. The second kappa shape index (κ2) is 4.95. The highest BCUT2D eigenvalue weighted by Crippen LogP contribution is 1.70. The van der Waals surface area contributed by atoms with E-state index in [9.17, 15) is 0 Å². The molecule has 0 aliphatic heterocycles. The van der Waals surface area contributed by atoms with Crippen LogP contribution in [-0.2, 0) is 0 Å². The van der Waals surface area contributed by atoms with Gasteiger partial charge in [-0.1, -0.05) is 12.7 Å². The molecule has 0 saturated carbocycles. The zero-order valence-electron chi connectivity index (χ0n) is 4.04. The van der Waals surface area contributed by atoms with Gasteiger partial charge >= 0.3 is 0 Å². The van der Waals surface area contributed by atoms with Crippen molar-refractivity contribution in [2.24, 2.45) is 10.7 Å². The van der Waals surface area contributed by atoms with Gasteiger partial charge in [0.15, 0.2) is 0 Å². The summed E-state index contributed by atoms with van der Waals surface area (Å²) in [5, 5.41) is 0. The summed E-state index contributed by atoms with van der Waals surface area (Å²) in [6.45, 7) is 3.43. The van der Waals surface area contributed by atoms with E-state index in [4.69, 9.17) is 5.73 Å². The first-order valence-electron chi connectivity index (χ1n) is 1.92. The predicted molar refractivity (Wildman–Crippen MR) is 32.0 cm³/mol. The Morgan fingerprint density at radius 1 is 1.57 bits per heavy atom. The van der Waals surface area contributed by atoms with Crippen molar-refractivity contribution in [3.05, 3.63) is 24.9 Å². The molecule has 0 aromatic carbocycles. The summed E-state index contributed by atoms with van der Waals surface area (Å²) >= 11 is 0. The summed E-state index contributed by atoms with van der Waals surface area (Å²) in [6, 6.07) is 0. The lowest BCUT2D eigenvalue weighted by Crippen LogP contribution is -1.84. The topological polar surface area (TPSA) is 38.4 Å². The first-order chi connectivity index (χ1) is 3.41. The molecule has 2 nitrogen and oxygen atoms in total. The molecule has 0 aromatic heterocycles. The fraction of sp³-hybridized carbons (Fsp3) is 0. The van der Waals surface area contributed by atoms with Crippen LogP contribution in [0.4, 0.5) is 0 Å². The number of hydrogen-bond acceptors (Lipinski definition) is 1. The van der Waals surface area contributed by atoms with Crippen LogP contribution in [0.1, 0.15) is 0 Å². The lowest BCUT2D eigenvalue weighted by molar-refractivity contribution is 1.56. The SMILES string of the molecule is C=C/C=C/N=CN. The Morgan fingerprint density at radius 3 is 2.71 bits per heavy atom. The van der Waals surface area contributed by atoms with Gasteiger partial charge in [0.2, 0.25) is 0 Å². The number of hydrogen-bond donors (Lipinski definition) is 1. The van der Waals surface area contributed by atoms with E-state index in [1.165, 1.54) is 6.34 Å². The van der Waals surface area contributed by atoms with Crippen LogP contribution in [0.25, 0.3) is 0 Å². The molecule has 0 amide bonds. The Kier molecular flexibility index (Phi) is 4.21. The second-order valence-electron chi connectivity index (χ2n) is 0.875. The average molecular weight is 96.1 g/mol. The van der Waals surface area contributed by atoms with E-state index < -0.39 is 0 Å².